The number of rotatable bonds is 3. The number of alkyl halides is 3. The Balaban J connectivity index is 1.86. The molecule has 0 aliphatic carbocycles. The van der Waals surface area contributed by atoms with Crippen LogP contribution in [0.1, 0.15) is 12.8 Å². The predicted molar refractivity (Wildman–Crippen MR) is 68.2 cm³/mol. The summed E-state index contributed by atoms with van der Waals surface area (Å²) in [4.78, 5) is 16.6. The lowest BCUT2D eigenvalue weighted by Gasteiger charge is -2.17. The normalized spacial score (nSPS) is 19.2. The Morgan fingerprint density at radius 1 is 1.50 bits per heavy atom. The highest BCUT2D eigenvalue weighted by Crippen LogP contribution is 2.23. The zero-order valence-corrected chi connectivity index (χ0v) is 11.9. The standard InChI is InChI=1S/C12H12BrF3N2O2/c13-8-1-2-10(17-6-8)20-9-3-4-18(7-9)11(19)5-12(14,15)16/h1-2,6,9H,3-5,7H2. The van der Waals surface area contributed by atoms with Gasteiger partial charge in [0.1, 0.15) is 12.5 Å². The van der Waals surface area contributed by atoms with Crippen LogP contribution in [0.2, 0.25) is 0 Å². The summed E-state index contributed by atoms with van der Waals surface area (Å²) in [6.07, 6.45) is -4.14. The first-order valence-electron chi connectivity index (χ1n) is 5.96. The summed E-state index contributed by atoms with van der Waals surface area (Å²) in [6, 6.07) is 3.41. The van der Waals surface area contributed by atoms with Gasteiger partial charge >= 0.3 is 6.18 Å². The maximum atomic E-state index is 12.1. The molecule has 0 radical (unpaired) electrons. The van der Waals surface area contributed by atoms with Gasteiger partial charge in [-0.25, -0.2) is 4.98 Å². The van der Waals surface area contributed by atoms with Gasteiger partial charge in [0.2, 0.25) is 11.8 Å². The minimum absolute atomic E-state index is 0.159. The van der Waals surface area contributed by atoms with E-state index in [9.17, 15) is 18.0 Å². The Labute approximate surface area is 122 Å². The number of carbonyl (C=O) groups excluding carboxylic acids is 1. The Morgan fingerprint density at radius 3 is 2.85 bits per heavy atom. The first kappa shape index (κ1) is 15.1. The van der Waals surface area contributed by atoms with Crippen molar-refractivity contribution in [3.8, 4) is 5.88 Å². The molecule has 0 aromatic carbocycles. The molecule has 0 bridgehead atoms. The van der Waals surface area contributed by atoms with Crippen LogP contribution in [0.15, 0.2) is 22.8 Å². The molecule has 4 nitrogen and oxygen atoms in total. The van der Waals surface area contributed by atoms with Gasteiger partial charge in [-0.1, -0.05) is 0 Å². The molecule has 1 unspecified atom stereocenters. The van der Waals surface area contributed by atoms with E-state index in [1.807, 2.05) is 0 Å². The Morgan fingerprint density at radius 2 is 2.25 bits per heavy atom. The first-order chi connectivity index (χ1) is 9.33. The topological polar surface area (TPSA) is 42.4 Å². The second kappa shape index (κ2) is 5.99. The molecule has 0 spiro atoms. The van der Waals surface area contributed by atoms with Crippen molar-refractivity contribution in [3.63, 3.8) is 0 Å². The van der Waals surface area contributed by atoms with E-state index in [1.165, 1.54) is 4.90 Å². The Hall–Kier alpha value is -1.31. The number of hydrogen-bond donors (Lipinski definition) is 0. The molecule has 0 saturated carbocycles. The summed E-state index contributed by atoms with van der Waals surface area (Å²) in [5, 5.41) is 0. The van der Waals surface area contributed by atoms with Gasteiger partial charge in [0, 0.05) is 29.7 Å². The minimum Gasteiger partial charge on any atom is -0.472 e. The number of aromatic nitrogens is 1. The molecule has 1 aliphatic heterocycles. The number of halogens is 4. The lowest BCUT2D eigenvalue weighted by Crippen LogP contribution is -2.33. The van der Waals surface area contributed by atoms with Crippen molar-refractivity contribution in [1.29, 1.82) is 0 Å². The van der Waals surface area contributed by atoms with E-state index in [0.717, 1.165) is 4.47 Å². The molecule has 8 heteroatoms. The van der Waals surface area contributed by atoms with Crippen LogP contribution in [-0.4, -0.2) is 41.2 Å². The van der Waals surface area contributed by atoms with Crippen LogP contribution in [0.3, 0.4) is 0 Å². The van der Waals surface area contributed by atoms with Gasteiger partial charge < -0.3 is 9.64 Å². The van der Waals surface area contributed by atoms with E-state index in [2.05, 4.69) is 20.9 Å². The fraction of sp³-hybridized carbons (Fsp3) is 0.500. The molecule has 2 heterocycles. The largest absolute Gasteiger partial charge is 0.472 e. The third kappa shape index (κ3) is 4.36. The number of nitrogens with zero attached hydrogens (tertiary/aromatic N) is 2. The van der Waals surface area contributed by atoms with E-state index in [-0.39, 0.29) is 19.2 Å². The smallest absolute Gasteiger partial charge is 0.397 e. The van der Waals surface area contributed by atoms with Gasteiger partial charge in [-0.15, -0.1) is 0 Å². The number of ether oxygens (including phenoxy) is 1. The number of pyridine rings is 1. The summed E-state index contributed by atoms with van der Waals surface area (Å²) in [5.74, 6) is -0.518. The molecule has 1 aromatic heterocycles. The summed E-state index contributed by atoms with van der Waals surface area (Å²) < 4.78 is 42.8. The van der Waals surface area contributed by atoms with Gasteiger partial charge in [0.05, 0.1) is 6.54 Å². The lowest BCUT2D eigenvalue weighted by atomic mass is 10.3. The highest BCUT2D eigenvalue weighted by atomic mass is 79.9. The van der Waals surface area contributed by atoms with Crippen LogP contribution in [0.25, 0.3) is 0 Å². The fourth-order valence-corrected chi connectivity index (χ4v) is 2.17. The van der Waals surface area contributed by atoms with Crippen molar-refractivity contribution in [2.45, 2.75) is 25.1 Å². The van der Waals surface area contributed by atoms with Crippen molar-refractivity contribution in [1.82, 2.24) is 9.88 Å². The molecule has 2 rings (SSSR count). The van der Waals surface area contributed by atoms with Crippen LogP contribution < -0.4 is 4.74 Å². The van der Waals surface area contributed by atoms with Gasteiger partial charge in [0.15, 0.2) is 0 Å². The van der Waals surface area contributed by atoms with Crippen molar-refractivity contribution in [3.05, 3.63) is 22.8 Å². The zero-order valence-electron chi connectivity index (χ0n) is 10.4. The van der Waals surface area contributed by atoms with Gasteiger partial charge in [-0.05, 0) is 22.0 Å². The average Bonchev–Trinajstić information content (AvgIpc) is 2.79. The van der Waals surface area contributed by atoms with Crippen LogP contribution in [-0.2, 0) is 4.79 Å². The molecule has 1 aromatic rings. The van der Waals surface area contributed by atoms with Crippen LogP contribution in [0.5, 0.6) is 5.88 Å². The van der Waals surface area contributed by atoms with E-state index >= 15 is 0 Å². The van der Waals surface area contributed by atoms with E-state index in [0.29, 0.717) is 12.3 Å². The summed E-state index contributed by atoms with van der Waals surface area (Å²) in [7, 11) is 0. The SMILES string of the molecule is O=C(CC(F)(F)F)N1CCC(Oc2ccc(Br)cn2)C1. The maximum Gasteiger partial charge on any atom is 0.397 e. The second-order valence-electron chi connectivity index (χ2n) is 4.47. The quantitative estimate of drug-likeness (QED) is 0.839. The molecule has 0 N–H and O–H groups in total. The molecular weight excluding hydrogens is 341 g/mol. The summed E-state index contributed by atoms with van der Waals surface area (Å²) >= 11 is 3.24. The van der Waals surface area contributed by atoms with Crippen molar-refractivity contribution in [2.75, 3.05) is 13.1 Å². The van der Waals surface area contributed by atoms with Crippen LogP contribution in [0, 0.1) is 0 Å². The third-order valence-electron chi connectivity index (χ3n) is 2.84. The summed E-state index contributed by atoms with van der Waals surface area (Å²) in [5.41, 5.74) is 0. The maximum absolute atomic E-state index is 12.1. The molecule has 110 valence electrons. The second-order valence-corrected chi connectivity index (χ2v) is 5.39. The minimum atomic E-state index is -4.47. The molecule has 1 amide bonds. The van der Waals surface area contributed by atoms with E-state index < -0.39 is 18.5 Å². The van der Waals surface area contributed by atoms with E-state index in [4.69, 9.17) is 4.74 Å². The molecule has 1 aliphatic rings. The molecular formula is C12H12BrF3N2O2. The first-order valence-corrected chi connectivity index (χ1v) is 6.75. The highest BCUT2D eigenvalue weighted by Gasteiger charge is 2.36. The fourth-order valence-electron chi connectivity index (χ4n) is 1.94. The van der Waals surface area contributed by atoms with Crippen molar-refractivity contribution in [2.24, 2.45) is 0 Å². The molecule has 1 atom stereocenters. The van der Waals surface area contributed by atoms with Crippen LogP contribution >= 0.6 is 15.9 Å². The number of likely N-dealkylation sites (tertiary alicyclic amines) is 1. The van der Waals surface area contributed by atoms with Crippen LogP contribution in [0.4, 0.5) is 13.2 Å². The predicted octanol–water partition coefficient (Wildman–Crippen LogP) is 2.78. The summed E-state index contributed by atoms with van der Waals surface area (Å²) in [6.45, 7) is 0.433. The molecule has 1 fully saturated rings. The molecule has 20 heavy (non-hydrogen) atoms. The monoisotopic (exact) mass is 352 g/mol. The van der Waals surface area contributed by atoms with Crippen molar-refractivity contribution < 1.29 is 22.7 Å². The van der Waals surface area contributed by atoms with Gasteiger partial charge in [0.25, 0.3) is 0 Å². The lowest BCUT2D eigenvalue weighted by molar-refractivity contribution is -0.160. The van der Waals surface area contributed by atoms with Gasteiger partial charge in [-0.2, -0.15) is 13.2 Å². The molecule has 1 saturated heterocycles. The highest BCUT2D eigenvalue weighted by molar-refractivity contribution is 9.10. The van der Waals surface area contributed by atoms with E-state index in [1.54, 1.807) is 18.3 Å². The van der Waals surface area contributed by atoms with Gasteiger partial charge in [-0.3, -0.25) is 4.79 Å². The Bertz CT molecular complexity index is 479. The van der Waals surface area contributed by atoms with Crippen molar-refractivity contribution >= 4 is 21.8 Å². The number of carbonyl (C=O) groups is 1. The average molecular weight is 353 g/mol. The number of hydrogen-bond acceptors (Lipinski definition) is 3. The number of amides is 1. The zero-order chi connectivity index (χ0) is 14.8. The Kier molecular flexibility index (Phi) is 4.52. The third-order valence-corrected chi connectivity index (χ3v) is 3.31.